The van der Waals surface area contributed by atoms with Crippen molar-refractivity contribution < 1.29 is 45.0 Å². The molecule has 0 saturated carbocycles. The van der Waals surface area contributed by atoms with Crippen LogP contribution in [0, 0.1) is 17.2 Å². The molecule has 0 heterocycles. The summed E-state index contributed by atoms with van der Waals surface area (Å²) in [6.07, 6.45) is 0. The number of nitrogens with zero attached hydrogens (tertiary/aromatic N) is 1. The SMILES string of the molecule is CC(C)C#N.[C]=O.[C]=O.[C]=O.[C]=O.[C]=O.[W]. The second-order valence-corrected chi connectivity index (χ2v) is 1.28. The van der Waals surface area contributed by atoms with Gasteiger partial charge in [0, 0.05) is 27.0 Å². The van der Waals surface area contributed by atoms with E-state index in [1.807, 2.05) is 19.9 Å². The maximum atomic E-state index is 7.89. The summed E-state index contributed by atoms with van der Waals surface area (Å²) in [6, 6.07) is 2.03. The largest absolute Gasteiger partial charge is 0.281 e. The van der Waals surface area contributed by atoms with Gasteiger partial charge in [0.25, 0.3) is 33.9 Å². The molecule has 0 aromatic heterocycles. The second-order valence-electron chi connectivity index (χ2n) is 1.28. The van der Waals surface area contributed by atoms with Crippen LogP contribution in [0.25, 0.3) is 0 Å². The van der Waals surface area contributed by atoms with Crippen molar-refractivity contribution in [3.8, 4) is 6.07 Å². The van der Waals surface area contributed by atoms with E-state index < -0.39 is 0 Å². The molecule has 6 nitrogen and oxygen atoms in total. The molecule has 16 heavy (non-hydrogen) atoms. The van der Waals surface area contributed by atoms with Crippen molar-refractivity contribution in [1.82, 2.24) is 0 Å². The van der Waals surface area contributed by atoms with Crippen LogP contribution in [0.2, 0.25) is 0 Å². The van der Waals surface area contributed by atoms with E-state index in [0.717, 1.165) is 0 Å². The van der Waals surface area contributed by atoms with E-state index >= 15 is 0 Å². The molecule has 0 unspecified atom stereocenters. The molecular formula is C9H7NO5W. The summed E-state index contributed by atoms with van der Waals surface area (Å²) in [6.45, 7) is 26.2. The van der Waals surface area contributed by atoms with Crippen molar-refractivity contribution in [3.63, 3.8) is 0 Å². The van der Waals surface area contributed by atoms with E-state index in [2.05, 4.69) is 33.9 Å². The molecule has 0 aromatic rings. The molecule has 0 N–H and O–H groups in total. The minimum absolute atomic E-state index is 0. The summed E-state index contributed by atoms with van der Waals surface area (Å²) >= 11 is 0. The average Bonchev–Trinajstić information content (AvgIpc) is 2.41. The van der Waals surface area contributed by atoms with Gasteiger partial charge < -0.3 is 0 Å². The maximum Gasteiger partial charge on any atom is 0.281 e. The Bertz CT molecular complexity index is 107. The zero-order chi connectivity index (χ0) is 14.3. The Morgan fingerprint density at radius 3 is 0.812 bits per heavy atom. The van der Waals surface area contributed by atoms with Crippen LogP contribution in [0.1, 0.15) is 13.8 Å². The van der Waals surface area contributed by atoms with Gasteiger partial charge in [-0.2, -0.15) is 5.26 Å². The molecule has 0 aliphatic heterocycles. The molecule has 0 amide bonds. The Labute approximate surface area is 110 Å². The zero-order valence-corrected chi connectivity index (χ0v) is 11.4. The quantitative estimate of drug-likeness (QED) is 0.532. The van der Waals surface area contributed by atoms with Crippen LogP contribution >= 0.6 is 0 Å². The second kappa shape index (κ2) is 332. The molecule has 0 atom stereocenters. The van der Waals surface area contributed by atoms with E-state index in [-0.39, 0.29) is 27.0 Å². The number of hydrogen-bond donors (Lipinski definition) is 0. The van der Waals surface area contributed by atoms with E-state index in [1.54, 1.807) is 0 Å². The summed E-state index contributed by atoms with van der Waals surface area (Å²) in [5.41, 5.74) is 0. The molecule has 0 fully saturated rings. The maximum absolute atomic E-state index is 7.89. The third-order valence-corrected chi connectivity index (χ3v) is 0.258. The standard InChI is InChI=1S/C4H7N.5CO.W/c1-4(2)3-5;5*1-2;/h4H,1-2H3;;;;;;. The fourth-order valence-corrected chi connectivity index (χ4v) is 0. The van der Waals surface area contributed by atoms with Gasteiger partial charge >= 0.3 is 0 Å². The minimum Gasteiger partial charge on any atom is -0.281 e. The van der Waals surface area contributed by atoms with Crippen molar-refractivity contribution in [2.24, 2.45) is 5.92 Å². The minimum atomic E-state index is 0. The normalized spacial score (nSPS) is 3.62. The van der Waals surface area contributed by atoms with E-state index in [4.69, 9.17) is 29.2 Å². The van der Waals surface area contributed by atoms with E-state index in [9.17, 15) is 0 Å². The van der Waals surface area contributed by atoms with Gasteiger partial charge in [-0.25, -0.2) is 0 Å². The van der Waals surface area contributed by atoms with Gasteiger partial charge in [0.1, 0.15) is 0 Å². The van der Waals surface area contributed by atoms with Crippen LogP contribution in [0.5, 0.6) is 0 Å². The first kappa shape index (κ1) is 46.9. The van der Waals surface area contributed by atoms with Crippen LogP contribution in [0.4, 0.5) is 0 Å². The van der Waals surface area contributed by atoms with Crippen LogP contribution in [0.15, 0.2) is 0 Å². The van der Waals surface area contributed by atoms with Crippen molar-refractivity contribution in [3.05, 3.63) is 0 Å². The van der Waals surface area contributed by atoms with Crippen LogP contribution in [0.3, 0.4) is 0 Å². The van der Waals surface area contributed by atoms with E-state index in [1.165, 1.54) is 0 Å². The van der Waals surface area contributed by atoms with Crippen LogP contribution in [-0.2, 0) is 45.0 Å². The van der Waals surface area contributed by atoms with Gasteiger partial charge in [-0.1, -0.05) is 0 Å². The Morgan fingerprint density at radius 1 is 0.750 bits per heavy atom. The predicted octanol–water partition coefficient (Wildman–Crippen LogP) is -0.822. The Morgan fingerprint density at radius 2 is 0.812 bits per heavy atom. The number of nitriles is 1. The predicted molar refractivity (Wildman–Crippen MR) is 48.9 cm³/mol. The molecule has 84 valence electrons. The molecule has 7 heteroatoms. The Balaban J connectivity index is -0.0000000130. The van der Waals surface area contributed by atoms with Crippen molar-refractivity contribution in [2.75, 3.05) is 0 Å². The van der Waals surface area contributed by atoms with E-state index in [0.29, 0.717) is 0 Å². The summed E-state index contributed by atoms with van der Waals surface area (Å²) in [5.74, 6) is 0.190. The van der Waals surface area contributed by atoms with Crippen LogP contribution in [-0.4, -0.2) is 33.9 Å². The topological polar surface area (TPSA) is 109 Å². The van der Waals surface area contributed by atoms with Gasteiger partial charge in [-0.15, -0.1) is 0 Å². The Kier molecular flexibility index (Phi) is 974. The summed E-state index contributed by atoms with van der Waals surface area (Å²) in [4.78, 5) is 37.5. The summed E-state index contributed by atoms with van der Waals surface area (Å²) in [7, 11) is 0. The number of hydrogen-bond acceptors (Lipinski definition) is 6. The van der Waals surface area contributed by atoms with Gasteiger partial charge in [-0.05, 0) is 13.8 Å². The smallest absolute Gasteiger partial charge is 0.281 e. The van der Waals surface area contributed by atoms with Gasteiger partial charge in [0.15, 0.2) is 0 Å². The fraction of sp³-hybridized carbons (Fsp3) is 0.333. The molecule has 0 saturated heterocycles. The average molecular weight is 393 g/mol. The van der Waals surface area contributed by atoms with Gasteiger partial charge in [-0.3, -0.25) is 24.0 Å². The van der Waals surface area contributed by atoms with Crippen molar-refractivity contribution in [2.45, 2.75) is 13.8 Å². The first-order valence-electron chi connectivity index (χ1n) is 2.69. The molecule has 0 rings (SSSR count). The van der Waals surface area contributed by atoms with Crippen molar-refractivity contribution >= 4 is 33.9 Å². The third kappa shape index (κ3) is 5970. The molecular weight excluding hydrogens is 386 g/mol. The first-order valence-corrected chi connectivity index (χ1v) is 2.69. The molecule has 0 aromatic carbocycles. The first-order chi connectivity index (χ1) is 7.27. The number of rotatable bonds is 0. The summed E-state index contributed by atoms with van der Waals surface area (Å²) in [5, 5.41) is 7.89. The zero-order valence-electron chi connectivity index (χ0n) is 8.47. The van der Waals surface area contributed by atoms with Gasteiger partial charge in [0.2, 0.25) is 0 Å². The monoisotopic (exact) mass is 393 g/mol. The molecule has 10 radical (unpaired) electrons. The number of carbonyl (C=O) groups excluding carboxylic acids is 5. The van der Waals surface area contributed by atoms with Gasteiger partial charge in [0.05, 0.1) is 6.07 Å². The van der Waals surface area contributed by atoms with Crippen LogP contribution < -0.4 is 0 Å². The Hall–Kier alpha value is -1.47. The molecule has 0 bridgehead atoms. The third-order valence-electron chi connectivity index (χ3n) is 0.258. The molecule has 0 aliphatic carbocycles. The van der Waals surface area contributed by atoms with Crippen molar-refractivity contribution in [1.29, 1.82) is 5.26 Å². The fourth-order valence-electron chi connectivity index (χ4n) is 0. The molecule has 0 aliphatic rings. The molecule has 0 spiro atoms. The summed E-state index contributed by atoms with van der Waals surface area (Å²) < 4.78 is 0.